The molecule has 1 amide bonds. The summed E-state index contributed by atoms with van der Waals surface area (Å²) < 4.78 is 18.5. The van der Waals surface area contributed by atoms with Crippen LogP contribution in [0.2, 0.25) is 0 Å². The number of aromatic amines is 1. The molecule has 0 bridgehead atoms. The molecule has 0 saturated heterocycles. The van der Waals surface area contributed by atoms with E-state index in [1.807, 2.05) is 0 Å². The van der Waals surface area contributed by atoms with Gasteiger partial charge in [0.1, 0.15) is 22.9 Å². The average Bonchev–Trinajstić information content (AvgIpc) is 3.23. The Kier molecular flexibility index (Phi) is 4.41. The summed E-state index contributed by atoms with van der Waals surface area (Å²) in [5.74, 6) is 0.280. The molecule has 1 atom stereocenters. The van der Waals surface area contributed by atoms with Crippen LogP contribution in [0.25, 0.3) is 11.3 Å². The first-order chi connectivity index (χ1) is 11.9. The molecule has 0 spiro atoms. The van der Waals surface area contributed by atoms with Crippen molar-refractivity contribution in [3.8, 4) is 11.3 Å². The molecule has 0 radical (unpaired) electrons. The molecule has 130 valence electrons. The molecule has 3 rings (SSSR count). The number of hydrogen-bond donors (Lipinski definition) is 3. The quantitative estimate of drug-likeness (QED) is 0.664. The van der Waals surface area contributed by atoms with Crippen LogP contribution in [-0.4, -0.2) is 27.8 Å². The SMILES string of the molecule is Cc1ccc(C(C)(O)CNC(=O)c2cn[nH]c2-c2ccc(F)cc2)o1. The number of H-pyrrole nitrogens is 1. The monoisotopic (exact) mass is 343 g/mol. The maximum absolute atomic E-state index is 13.1. The first kappa shape index (κ1) is 16.9. The van der Waals surface area contributed by atoms with Gasteiger partial charge in [0.15, 0.2) is 0 Å². The summed E-state index contributed by atoms with van der Waals surface area (Å²) in [6.07, 6.45) is 1.39. The lowest BCUT2D eigenvalue weighted by Crippen LogP contribution is -2.38. The molecule has 6 nitrogen and oxygen atoms in total. The summed E-state index contributed by atoms with van der Waals surface area (Å²) in [5.41, 5.74) is 0.0745. The van der Waals surface area contributed by atoms with Gasteiger partial charge in [-0.3, -0.25) is 9.89 Å². The Morgan fingerprint density at radius 3 is 2.68 bits per heavy atom. The standard InChI is InChI=1S/C18H18FN3O3/c1-11-3-8-15(25-11)18(2,24)10-20-17(23)14-9-21-22-16(14)12-4-6-13(19)7-5-12/h3-9,24H,10H2,1-2H3,(H,20,23)(H,21,22). The van der Waals surface area contributed by atoms with Gasteiger partial charge < -0.3 is 14.8 Å². The third-order valence-electron chi connectivity index (χ3n) is 3.88. The fourth-order valence-corrected chi connectivity index (χ4v) is 2.45. The summed E-state index contributed by atoms with van der Waals surface area (Å²) in [7, 11) is 0. The van der Waals surface area contributed by atoms with Crippen molar-refractivity contribution in [3.05, 3.63) is 65.5 Å². The summed E-state index contributed by atoms with van der Waals surface area (Å²) >= 11 is 0. The number of furan rings is 1. The summed E-state index contributed by atoms with van der Waals surface area (Å²) in [6.45, 7) is 3.30. The van der Waals surface area contributed by atoms with Crippen LogP contribution in [0, 0.1) is 12.7 Å². The van der Waals surface area contributed by atoms with E-state index in [1.54, 1.807) is 38.1 Å². The number of amides is 1. The lowest BCUT2D eigenvalue weighted by Gasteiger charge is -2.21. The molecule has 3 N–H and O–H groups in total. The van der Waals surface area contributed by atoms with Gasteiger partial charge >= 0.3 is 0 Å². The van der Waals surface area contributed by atoms with Crippen molar-refractivity contribution >= 4 is 5.91 Å². The van der Waals surface area contributed by atoms with E-state index in [0.29, 0.717) is 28.3 Å². The number of carbonyl (C=O) groups excluding carboxylic acids is 1. The van der Waals surface area contributed by atoms with E-state index >= 15 is 0 Å². The van der Waals surface area contributed by atoms with Crippen molar-refractivity contribution < 1.29 is 18.7 Å². The van der Waals surface area contributed by atoms with Crippen LogP contribution in [0.5, 0.6) is 0 Å². The average molecular weight is 343 g/mol. The van der Waals surface area contributed by atoms with Gasteiger partial charge in [-0.25, -0.2) is 4.39 Å². The zero-order valence-corrected chi connectivity index (χ0v) is 13.8. The maximum atomic E-state index is 13.1. The zero-order chi connectivity index (χ0) is 18.0. The first-order valence-electron chi connectivity index (χ1n) is 7.73. The molecule has 0 aliphatic rings. The molecule has 0 aliphatic heterocycles. The van der Waals surface area contributed by atoms with Crippen molar-refractivity contribution in [2.24, 2.45) is 0 Å². The second-order valence-corrected chi connectivity index (χ2v) is 6.03. The normalized spacial score (nSPS) is 13.4. The Balaban J connectivity index is 1.74. The van der Waals surface area contributed by atoms with E-state index < -0.39 is 11.5 Å². The molecule has 0 aliphatic carbocycles. The van der Waals surface area contributed by atoms with E-state index in [9.17, 15) is 14.3 Å². The molecule has 0 saturated carbocycles. The maximum Gasteiger partial charge on any atom is 0.255 e. The Morgan fingerprint density at radius 1 is 1.32 bits per heavy atom. The van der Waals surface area contributed by atoms with Crippen molar-refractivity contribution in [2.45, 2.75) is 19.4 Å². The largest absolute Gasteiger partial charge is 0.463 e. The number of aromatic nitrogens is 2. The van der Waals surface area contributed by atoms with Crippen LogP contribution < -0.4 is 5.32 Å². The number of nitrogens with zero attached hydrogens (tertiary/aromatic N) is 1. The highest BCUT2D eigenvalue weighted by molar-refractivity contribution is 5.99. The van der Waals surface area contributed by atoms with Gasteiger partial charge in [0.05, 0.1) is 24.0 Å². The van der Waals surface area contributed by atoms with Crippen LogP contribution in [0.1, 0.15) is 28.8 Å². The number of aliphatic hydroxyl groups is 1. The highest BCUT2D eigenvalue weighted by Gasteiger charge is 2.28. The van der Waals surface area contributed by atoms with E-state index in [1.165, 1.54) is 18.3 Å². The van der Waals surface area contributed by atoms with E-state index in [-0.39, 0.29) is 12.4 Å². The first-order valence-corrected chi connectivity index (χ1v) is 7.73. The van der Waals surface area contributed by atoms with Crippen molar-refractivity contribution in [1.29, 1.82) is 0 Å². The fourth-order valence-electron chi connectivity index (χ4n) is 2.45. The molecule has 3 aromatic rings. The molecular weight excluding hydrogens is 325 g/mol. The van der Waals surface area contributed by atoms with E-state index in [2.05, 4.69) is 15.5 Å². The predicted molar refractivity (Wildman–Crippen MR) is 89.3 cm³/mol. The highest BCUT2D eigenvalue weighted by Crippen LogP contribution is 2.24. The van der Waals surface area contributed by atoms with Gasteiger partial charge in [-0.1, -0.05) is 0 Å². The van der Waals surface area contributed by atoms with Crippen molar-refractivity contribution in [2.75, 3.05) is 6.54 Å². The Hall–Kier alpha value is -2.93. The topological polar surface area (TPSA) is 91.1 Å². The van der Waals surface area contributed by atoms with Crippen LogP contribution in [0.3, 0.4) is 0 Å². The number of carbonyl (C=O) groups is 1. The number of nitrogens with one attached hydrogen (secondary N) is 2. The van der Waals surface area contributed by atoms with Crippen LogP contribution in [0.4, 0.5) is 4.39 Å². The van der Waals surface area contributed by atoms with E-state index in [4.69, 9.17) is 4.42 Å². The van der Waals surface area contributed by atoms with Crippen LogP contribution in [0.15, 0.2) is 47.0 Å². The number of halogens is 1. The minimum absolute atomic E-state index is 0.0349. The number of hydrogen-bond acceptors (Lipinski definition) is 4. The van der Waals surface area contributed by atoms with Gasteiger partial charge in [-0.05, 0) is 50.2 Å². The van der Waals surface area contributed by atoms with Gasteiger partial charge in [-0.2, -0.15) is 5.10 Å². The fraction of sp³-hybridized carbons (Fsp3) is 0.222. The van der Waals surface area contributed by atoms with E-state index in [0.717, 1.165) is 0 Å². The number of rotatable bonds is 5. The summed E-state index contributed by atoms with van der Waals surface area (Å²) in [4.78, 5) is 12.5. The van der Waals surface area contributed by atoms with Crippen LogP contribution in [-0.2, 0) is 5.60 Å². The third-order valence-corrected chi connectivity index (χ3v) is 3.88. The summed E-state index contributed by atoms with van der Waals surface area (Å²) in [5, 5.41) is 19.8. The Morgan fingerprint density at radius 2 is 2.04 bits per heavy atom. The molecule has 1 aromatic carbocycles. The van der Waals surface area contributed by atoms with Gasteiger partial charge in [0.2, 0.25) is 0 Å². The highest BCUT2D eigenvalue weighted by atomic mass is 19.1. The Labute approximate surface area is 143 Å². The van der Waals surface area contributed by atoms with Gasteiger partial charge in [0.25, 0.3) is 5.91 Å². The Bertz CT molecular complexity index is 881. The van der Waals surface area contributed by atoms with Gasteiger partial charge in [-0.15, -0.1) is 0 Å². The molecule has 1 unspecified atom stereocenters. The second kappa shape index (κ2) is 6.52. The molecule has 2 aromatic heterocycles. The lowest BCUT2D eigenvalue weighted by atomic mass is 10.0. The minimum atomic E-state index is -1.34. The molecule has 25 heavy (non-hydrogen) atoms. The van der Waals surface area contributed by atoms with Crippen molar-refractivity contribution in [3.63, 3.8) is 0 Å². The van der Waals surface area contributed by atoms with Gasteiger partial charge in [0, 0.05) is 5.56 Å². The predicted octanol–water partition coefficient (Wildman–Crippen LogP) is 2.75. The van der Waals surface area contributed by atoms with Crippen LogP contribution >= 0.6 is 0 Å². The second-order valence-electron chi connectivity index (χ2n) is 6.03. The molecule has 7 heteroatoms. The molecular formula is C18H18FN3O3. The molecule has 0 fully saturated rings. The summed E-state index contributed by atoms with van der Waals surface area (Å²) in [6, 6.07) is 9.14. The molecule has 2 heterocycles. The smallest absolute Gasteiger partial charge is 0.255 e. The van der Waals surface area contributed by atoms with Crippen molar-refractivity contribution in [1.82, 2.24) is 15.5 Å². The minimum Gasteiger partial charge on any atom is -0.463 e. The third kappa shape index (κ3) is 3.61. The zero-order valence-electron chi connectivity index (χ0n) is 13.8. The number of benzene rings is 1. The number of aryl methyl sites for hydroxylation is 1. The lowest BCUT2D eigenvalue weighted by molar-refractivity contribution is 0.0323.